The standard InChI is InChI=1S/C32H33NO2P2/c1-32(33,22-30(36-24-14-6-4-7-15-24)26-18-10-12-20-28(26)34-2)23-31(37-25-16-8-5-9-17-25)27-19-11-13-21-29(27)35-3/h4-23,36-37H,33H2,1-3H3. The molecule has 0 bridgehead atoms. The highest BCUT2D eigenvalue weighted by atomic mass is 31.1. The number of benzene rings is 4. The monoisotopic (exact) mass is 525 g/mol. The van der Waals surface area contributed by atoms with Crippen LogP contribution in [-0.2, 0) is 0 Å². The smallest absolute Gasteiger partial charge is 0.126 e. The van der Waals surface area contributed by atoms with Gasteiger partial charge in [0.15, 0.2) is 0 Å². The van der Waals surface area contributed by atoms with Gasteiger partial charge in [0.1, 0.15) is 11.5 Å². The first-order valence-electron chi connectivity index (χ1n) is 12.1. The predicted octanol–water partition coefficient (Wildman–Crippen LogP) is 6.81. The van der Waals surface area contributed by atoms with Crippen molar-refractivity contribution in [1.29, 1.82) is 0 Å². The van der Waals surface area contributed by atoms with Crippen LogP contribution in [0.2, 0.25) is 0 Å². The number of methoxy groups -OCH3 is 2. The third-order valence-corrected chi connectivity index (χ3v) is 8.42. The quantitative estimate of drug-likeness (QED) is 0.231. The molecule has 188 valence electrons. The van der Waals surface area contributed by atoms with Crippen molar-refractivity contribution in [1.82, 2.24) is 0 Å². The summed E-state index contributed by atoms with van der Waals surface area (Å²) in [6, 6.07) is 37.3. The molecule has 0 aliphatic heterocycles. The van der Waals surface area contributed by atoms with Crippen molar-refractivity contribution in [3.05, 3.63) is 132 Å². The lowest BCUT2D eigenvalue weighted by Crippen LogP contribution is -2.31. The van der Waals surface area contributed by atoms with E-state index in [0.717, 1.165) is 33.3 Å². The molecule has 0 saturated heterocycles. The molecule has 3 nitrogen and oxygen atoms in total. The Bertz CT molecular complexity index is 1260. The van der Waals surface area contributed by atoms with Crippen molar-refractivity contribution in [2.75, 3.05) is 14.2 Å². The fourth-order valence-electron chi connectivity index (χ4n) is 4.11. The van der Waals surface area contributed by atoms with Crippen LogP contribution in [0.5, 0.6) is 11.5 Å². The minimum Gasteiger partial charge on any atom is -0.496 e. The van der Waals surface area contributed by atoms with Gasteiger partial charge in [0.2, 0.25) is 0 Å². The molecule has 0 fully saturated rings. The Morgan fingerprint density at radius 2 is 0.946 bits per heavy atom. The molecule has 0 radical (unpaired) electrons. The number of rotatable bonds is 10. The van der Waals surface area contributed by atoms with Gasteiger partial charge in [0, 0.05) is 11.1 Å². The zero-order valence-corrected chi connectivity index (χ0v) is 23.4. The maximum absolute atomic E-state index is 7.06. The van der Waals surface area contributed by atoms with Crippen molar-refractivity contribution >= 4 is 38.4 Å². The first-order valence-corrected chi connectivity index (χ1v) is 14.1. The van der Waals surface area contributed by atoms with Gasteiger partial charge in [0.05, 0.1) is 19.8 Å². The van der Waals surface area contributed by atoms with E-state index < -0.39 is 5.54 Å². The van der Waals surface area contributed by atoms with Gasteiger partial charge < -0.3 is 15.2 Å². The lowest BCUT2D eigenvalue weighted by molar-refractivity contribution is 0.413. The van der Waals surface area contributed by atoms with E-state index in [9.17, 15) is 0 Å². The average molecular weight is 526 g/mol. The SMILES string of the molecule is COc1ccccc1C(=CC(C)(N)C=C(Pc1ccccc1)c1ccccc1OC)Pc1ccccc1. The van der Waals surface area contributed by atoms with Gasteiger partial charge >= 0.3 is 0 Å². The Kier molecular flexibility index (Phi) is 9.31. The molecule has 4 rings (SSSR count). The number of para-hydroxylation sites is 2. The second-order valence-electron chi connectivity index (χ2n) is 8.86. The Balaban J connectivity index is 1.82. The highest BCUT2D eigenvalue weighted by molar-refractivity contribution is 7.58. The summed E-state index contributed by atoms with van der Waals surface area (Å²) in [6.07, 6.45) is 4.36. The molecule has 4 aromatic rings. The van der Waals surface area contributed by atoms with E-state index in [2.05, 4.69) is 79.7 Å². The van der Waals surface area contributed by atoms with Crippen LogP contribution >= 0.6 is 17.2 Å². The number of hydrogen-bond donors (Lipinski definition) is 1. The zero-order valence-electron chi connectivity index (χ0n) is 21.4. The highest BCUT2D eigenvalue weighted by Gasteiger charge is 2.20. The van der Waals surface area contributed by atoms with Gasteiger partial charge in [-0.15, -0.1) is 0 Å². The minimum absolute atomic E-state index is 0.430. The first-order chi connectivity index (χ1) is 18.0. The second-order valence-corrected chi connectivity index (χ2v) is 11.6. The molecule has 4 aromatic carbocycles. The average Bonchev–Trinajstić information content (AvgIpc) is 2.93. The molecule has 2 N–H and O–H groups in total. The van der Waals surface area contributed by atoms with Gasteiger partial charge in [0.25, 0.3) is 0 Å². The predicted molar refractivity (Wildman–Crippen MR) is 163 cm³/mol. The number of hydrogen-bond acceptors (Lipinski definition) is 3. The van der Waals surface area contributed by atoms with Crippen LogP contribution in [0.15, 0.2) is 121 Å². The summed E-state index contributed by atoms with van der Waals surface area (Å²) < 4.78 is 11.5. The maximum Gasteiger partial charge on any atom is 0.126 e. The Morgan fingerprint density at radius 3 is 1.32 bits per heavy atom. The summed E-state index contributed by atoms with van der Waals surface area (Å²) in [5.41, 5.74) is 8.45. The fourth-order valence-corrected chi connectivity index (χ4v) is 6.90. The van der Waals surface area contributed by atoms with Gasteiger partial charge in [-0.1, -0.05) is 126 Å². The summed E-state index contributed by atoms with van der Waals surface area (Å²) in [5, 5.41) is 4.78. The van der Waals surface area contributed by atoms with Crippen LogP contribution in [0.1, 0.15) is 18.1 Å². The zero-order chi connectivity index (χ0) is 26.1. The molecule has 2 unspecified atom stereocenters. The van der Waals surface area contributed by atoms with Gasteiger partial charge in [-0.25, -0.2) is 0 Å². The van der Waals surface area contributed by atoms with Crippen LogP contribution < -0.4 is 25.8 Å². The topological polar surface area (TPSA) is 44.5 Å². The molecular weight excluding hydrogens is 492 g/mol. The van der Waals surface area contributed by atoms with E-state index in [1.54, 1.807) is 14.2 Å². The molecule has 0 aliphatic rings. The Morgan fingerprint density at radius 1 is 0.595 bits per heavy atom. The molecular formula is C32H33NO2P2. The van der Waals surface area contributed by atoms with Crippen LogP contribution in [-0.4, -0.2) is 19.8 Å². The summed E-state index contributed by atoms with van der Waals surface area (Å²) >= 11 is 0. The normalized spacial score (nSPS) is 14.3. The fraction of sp³-hybridized carbons (Fsp3) is 0.125. The van der Waals surface area contributed by atoms with Crippen LogP contribution in [0.3, 0.4) is 0 Å². The molecule has 37 heavy (non-hydrogen) atoms. The third-order valence-electron chi connectivity index (χ3n) is 5.81. The van der Waals surface area contributed by atoms with E-state index in [1.165, 1.54) is 10.6 Å². The van der Waals surface area contributed by atoms with Crippen LogP contribution in [0.25, 0.3) is 10.6 Å². The van der Waals surface area contributed by atoms with E-state index >= 15 is 0 Å². The summed E-state index contributed by atoms with van der Waals surface area (Å²) in [7, 11) is 4.28. The lowest BCUT2D eigenvalue weighted by atomic mass is 9.99. The number of nitrogens with two attached hydrogens (primary N) is 1. The highest BCUT2D eigenvalue weighted by Crippen LogP contribution is 2.42. The molecule has 0 amide bonds. The van der Waals surface area contributed by atoms with Crippen molar-refractivity contribution < 1.29 is 9.47 Å². The first kappa shape index (κ1) is 26.8. The minimum atomic E-state index is -0.726. The molecule has 0 aliphatic carbocycles. The Hall–Kier alpha value is -3.22. The molecule has 5 heteroatoms. The molecule has 0 saturated carbocycles. The molecule has 0 heterocycles. The summed E-state index contributed by atoms with van der Waals surface area (Å²) in [6.45, 7) is 2.06. The van der Waals surface area contributed by atoms with E-state index in [4.69, 9.17) is 15.2 Å². The van der Waals surface area contributed by atoms with E-state index in [0.29, 0.717) is 17.2 Å². The van der Waals surface area contributed by atoms with Crippen molar-refractivity contribution in [2.45, 2.75) is 12.5 Å². The van der Waals surface area contributed by atoms with Gasteiger partial charge in [-0.3, -0.25) is 0 Å². The van der Waals surface area contributed by atoms with Gasteiger partial charge in [-0.2, -0.15) is 0 Å². The number of ether oxygens (including phenoxy) is 2. The molecule has 2 atom stereocenters. The van der Waals surface area contributed by atoms with Crippen molar-refractivity contribution in [3.63, 3.8) is 0 Å². The lowest BCUT2D eigenvalue weighted by Gasteiger charge is -2.23. The van der Waals surface area contributed by atoms with E-state index in [-0.39, 0.29) is 0 Å². The Labute approximate surface area is 224 Å². The second kappa shape index (κ2) is 12.8. The van der Waals surface area contributed by atoms with E-state index in [1.807, 2.05) is 48.5 Å². The van der Waals surface area contributed by atoms with Crippen LogP contribution in [0.4, 0.5) is 0 Å². The molecule has 0 spiro atoms. The van der Waals surface area contributed by atoms with Gasteiger partial charge in [-0.05, 0) is 40.3 Å². The van der Waals surface area contributed by atoms with Crippen molar-refractivity contribution in [3.8, 4) is 11.5 Å². The summed E-state index contributed by atoms with van der Waals surface area (Å²) in [5.74, 6) is 1.68. The maximum atomic E-state index is 7.06. The van der Waals surface area contributed by atoms with Crippen molar-refractivity contribution in [2.24, 2.45) is 5.73 Å². The summed E-state index contributed by atoms with van der Waals surface area (Å²) in [4.78, 5) is 0. The molecule has 0 aromatic heterocycles. The third kappa shape index (κ3) is 7.40. The largest absolute Gasteiger partial charge is 0.496 e. The van der Waals surface area contributed by atoms with Crippen LogP contribution in [0, 0.1) is 0 Å².